The molecule has 1 aromatic rings. The van der Waals surface area contributed by atoms with Gasteiger partial charge in [-0.2, -0.15) is 4.31 Å². The van der Waals surface area contributed by atoms with Crippen LogP contribution >= 0.6 is 0 Å². The van der Waals surface area contributed by atoms with Crippen molar-refractivity contribution in [2.24, 2.45) is 0 Å². The summed E-state index contributed by atoms with van der Waals surface area (Å²) in [5.41, 5.74) is 0.740. The van der Waals surface area contributed by atoms with Crippen LogP contribution in [0.4, 0.5) is 0 Å². The standard InChI is InChI=1S/C16H24N2O4S/c1-13-11-14(7-8-15(13)22-3)23(20,21)17(2)12-16(19)18-9-5-4-6-10-18/h7-8,11H,4-6,9-10,12H2,1-3H3. The lowest BCUT2D eigenvalue weighted by Crippen LogP contribution is -2.43. The number of nitrogens with zero attached hydrogens (tertiary/aromatic N) is 2. The molecule has 1 heterocycles. The maximum atomic E-state index is 12.6. The summed E-state index contributed by atoms with van der Waals surface area (Å²) in [4.78, 5) is 14.2. The van der Waals surface area contributed by atoms with Gasteiger partial charge in [-0.1, -0.05) is 0 Å². The molecule has 1 saturated heterocycles. The van der Waals surface area contributed by atoms with Crippen LogP contribution in [-0.2, 0) is 14.8 Å². The van der Waals surface area contributed by atoms with E-state index in [9.17, 15) is 13.2 Å². The van der Waals surface area contributed by atoms with Crippen molar-refractivity contribution >= 4 is 15.9 Å². The van der Waals surface area contributed by atoms with E-state index in [1.165, 1.54) is 13.1 Å². The summed E-state index contributed by atoms with van der Waals surface area (Å²) < 4.78 is 31.5. The smallest absolute Gasteiger partial charge is 0.243 e. The van der Waals surface area contributed by atoms with Crippen LogP contribution in [0, 0.1) is 6.92 Å². The second kappa shape index (κ2) is 7.31. The molecule has 1 aromatic carbocycles. The van der Waals surface area contributed by atoms with Crippen molar-refractivity contribution in [2.75, 3.05) is 33.8 Å². The Bertz CT molecular complexity index is 667. The quantitative estimate of drug-likeness (QED) is 0.817. The van der Waals surface area contributed by atoms with Gasteiger partial charge < -0.3 is 9.64 Å². The maximum Gasteiger partial charge on any atom is 0.243 e. The molecule has 1 fully saturated rings. The SMILES string of the molecule is COc1ccc(S(=O)(=O)N(C)CC(=O)N2CCCCC2)cc1C. The number of carbonyl (C=O) groups is 1. The monoisotopic (exact) mass is 340 g/mol. The number of piperidine rings is 1. The van der Waals surface area contributed by atoms with Crippen LogP contribution in [0.25, 0.3) is 0 Å². The van der Waals surface area contributed by atoms with E-state index in [-0.39, 0.29) is 17.3 Å². The molecule has 0 bridgehead atoms. The summed E-state index contributed by atoms with van der Waals surface area (Å²) in [6.07, 6.45) is 3.10. The number of hydrogen-bond acceptors (Lipinski definition) is 4. The molecule has 0 aliphatic carbocycles. The molecule has 1 amide bonds. The predicted molar refractivity (Wildman–Crippen MR) is 88.0 cm³/mol. The average Bonchev–Trinajstić information content (AvgIpc) is 2.55. The highest BCUT2D eigenvalue weighted by molar-refractivity contribution is 7.89. The van der Waals surface area contributed by atoms with Crippen molar-refractivity contribution in [1.29, 1.82) is 0 Å². The molecular weight excluding hydrogens is 316 g/mol. The highest BCUT2D eigenvalue weighted by Crippen LogP contribution is 2.23. The van der Waals surface area contributed by atoms with Crippen molar-refractivity contribution < 1.29 is 17.9 Å². The number of hydrogen-bond donors (Lipinski definition) is 0. The van der Waals surface area contributed by atoms with Crippen molar-refractivity contribution in [1.82, 2.24) is 9.21 Å². The van der Waals surface area contributed by atoms with Gasteiger partial charge >= 0.3 is 0 Å². The van der Waals surface area contributed by atoms with Gasteiger partial charge in [-0.25, -0.2) is 8.42 Å². The Hall–Kier alpha value is -1.60. The zero-order chi connectivity index (χ0) is 17.0. The highest BCUT2D eigenvalue weighted by Gasteiger charge is 2.26. The normalized spacial score (nSPS) is 15.7. The number of aryl methyl sites for hydroxylation is 1. The van der Waals surface area contributed by atoms with E-state index >= 15 is 0 Å². The summed E-state index contributed by atoms with van der Waals surface area (Å²) in [6.45, 7) is 3.09. The van der Waals surface area contributed by atoms with Gasteiger partial charge in [0.15, 0.2) is 0 Å². The van der Waals surface area contributed by atoms with E-state index in [1.807, 2.05) is 0 Å². The van der Waals surface area contributed by atoms with Gasteiger partial charge in [0.05, 0.1) is 18.6 Å². The number of methoxy groups -OCH3 is 1. The first-order chi connectivity index (χ1) is 10.9. The Morgan fingerprint density at radius 1 is 1.26 bits per heavy atom. The third kappa shape index (κ3) is 4.03. The van der Waals surface area contributed by atoms with Crippen LogP contribution in [0.3, 0.4) is 0 Å². The van der Waals surface area contributed by atoms with Crippen molar-refractivity contribution in [3.05, 3.63) is 23.8 Å². The van der Waals surface area contributed by atoms with Crippen LogP contribution in [0.2, 0.25) is 0 Å². The molecule has 23 heavy (non-hydrogen) atoms. The molecule has 7 heteroatoms. The molecule has 128 valence electrons. The second-order valence-corrected chi connectivity index (χ2v) is 7.88. The number of likely N-dealkylation sites (N-methyl/N-ethyl adjacent to an activating group) is 1. The minimum atomic E-state index is -3.69. The minimum absolute atomic E-state index is 0.132. The molecule has 0 saturated carbocycles. The second-order valence-electron chi connectivity index (χ2n) is 5.83. The Morgan fingerprint density at radius 2 is 1.91 bits per heavy atom. The minimum Gasteiger partial charge on any atom is -0.496 e. The van der Waals surface area contributed by atoms with Gasteiger partial charge in [0, 0.05) is 20.1 Å². The Labute approximate surface area is 138 Å². The van der Waals surface area contributed by atoms with E-state index in [0.717, 1.165) is 29.1 Å². The van der Waals surface area contributed by atoms with Crippen LogP contribution in [-0.4, -0.2) is 57.3 Å². The molecule has 0 N–H and O–H groups in total. The number of sulfonamides is 1. The molecule has 2 rings (SSSR count). The highest BCUT2D eigenvalue weighted by atomic mass is 32.2. The van der Waals surface area contributed by atoms with Gasteiger partial charge in [-0.05, 0) is 49.9 Å². The van der Waals surface area contributed by atoms with Crippen molar-refractivity contribution in [3.63, 3.8) is 0 Å². The number of likely N-dealkylation sites (tertiary alicyclic amines) is 1. The van der Waals surface area contributed by atoms with E-state index < -0.39 is 10.0 Å². The van der Waals surface area contributed by atoms with Crippen LogP contribution in [0.15, 0.2) is 23.1 Å². The largest absolute Gasteiger partial charge is 0.496 e. The van der Waals surface area contributed by atoms with Crippen LogP contribution in [0.1, 0.15) is 24.8 Å². The number of rotatable bonds is 5. The van der Waals surface area contributed by atoms with Gasteiger partial charge in [0.1, 0.15) is 5.75 Å². The predicted octanol–water partition coefficient (Wildman–Crippen LogP) is 1.64. The Balaban J connectivity index is 2.11. The summed E-state index contributed by atoms with van der Waals surface area (Å²) in [5, 5.41) is 0. The zero-order valence-electron chi connectivity index (χ0n) is 13.9. The molecule has 1 aliphatic heterocycles. The van der Waals surface area contributed by atoms with E-state index in [2.05, 4.69) is 0 Å². The maximum absolute atomic E-state index is 12.6. The van der Waals surface area contributed by atoms with Crippen LogP contribution in [0.5, 0.6) is 5.75 Å². The Kier molecular flexibility index (Phi) is 5.64. The van der Waals surface area contributed by atoms with Gasteiger partial charge in [-0.3, -0.25) is 4.79 Å². The number of amides is 1. The van der Waals surface area contributed by atoms with E-state index in [0.29, 0.717) is 18.8 Å². The van der Waals surface area contributed by atoms with Gasteiger partial charge in [-0.15, -0.1) is 0 Å². The first kappa shape index (κ1) is 17.7. The van der Waals surface area contributed by atoms with E-state index in [4.69, 9.17) is 4.74 Å². The topological polar surface area (TPSA) is 66.9 Å². The summed E-state index contributed by atoms with van der Waals surface area (Å²) in [5.74, 6) is 0.497. The molecular formula is C16H24N2O4S. The van der Waals surface area contributed by atoms with Crippen molar-refractivity contribution in [2.45, 2.75) is 31.1 Å². The zero-order valence-corrected chi connectivity index (χ0v) is 14.7. The first-order valence-corrected chi connectivity index (χ1v) is 9.19. The van der Waals surface area contributed by atoms with Crippen molar-refractivity contribution in [3.8, 4) is 5.75 Å². The number of ether oxygens (including phenoxy) is 1. The van der Waals surface area contributed by atoms with Crippen LogP contribution < -0.4 is 4.74 Å². The van der Waals surface area contributed by atoms with Gasteiger partial charge in [0.25, 0.3) is 0 Å². The Morgan fingerprint density at radius 3 is 2.48 bits per heavy atom. The molecule has 0 radical (unpaired) electrons. The fraction of sp³-hybridized carbons (Fsp3) is 0.562. The molecule has 6 nitrogen and oxygen atoms in total. The number of benzene rings is 1. The number of carbonyl (C=O) groups excluding carboxylic acids is 1. The lowest BCUT2D eigenvalue weighted by Gasteiger charge is -2.28. The fourth-order valence-electron chi connectivity index (χ4n) is 2.71. The summed E-state index contributed by atoms with van der Waals surface area (Å²) in [6, 6.07) is 4.70. The lowest BCUT2D eigenvalue weighted by atomic mass is 10.1. The lowest BCUT2D eigenvalue weighted by molar-refractivity contribution is -0.132. The average molecular weight is 340 g/mol. The molecule has 0 spiro atoms. The molecule has 0 atom stereocenters. The third-order valence-corrected chi connectivity index (χ3v) is 5.94. The van der Waals surface area contributed by atoms with Gasteiger partial charge in [0.2, 0.25) is 15.9 Å². The first-order valence-electron chi connectivity index (χ1n) is 7.75. The summed E-state index contributed by atoms with van der Waals surface area (Å²) >= 11 is 0. The molecule has 0 unspecified atom stereocenters. The molecule has 0 aromatic heterocycles. The van der Waals surface area contributed by atoms with E-state index in [1.54, 1.807) is 31.1 Å². The summed E-state index contributed by atoms with van der Waals surface area (Å²) in [7, 11) is -0.707. The third-order valence-electron chi connectivity index (χ3n) is 4.14. The fourth-order valence-corrected chi connectivity index (χ4v) is 3.92. The molecule has 1 aliphatic rings.